The van der Waals surface area contributed by atoms with Gasteiger partial charge >= 0.3 is 5.97 Å². The number of ketones is 1. The average Bonchev–Trinajstić information content (AvgIpc) is 3.21. The van der Waals surface area contributed by atoms with Crippen molar-refractivity contribution >= 4 is 17.7 Å². The largest absolute Gasteiger partial charge is 0.462 e. The van der Waals surface area contributed by atoms with Crippen molar-refractivity contribution in [3.8, 4) is 0 Å². The van der Waals surface area contributed by atoms with E-state index in [2.05, 4.69) is 59.4 Å². The summed E-state index contributed by atoms with van der Waals surface area (Å²) < 4.78 is 5.89. The standard InChI is InChI=1S/C38H59NO4/c1-25(40)43-30-14-15-36(6)29(33(30,2)3)13-16-38(8)31(36)28(41)23-26-27-24-35(5,32(42)39-21-11-9-10-12-22-39)18-17-34(27,4)19-20-37(26,38)7/h23,27,29-31H,9-22,24H2,1-8H3/t27-,29+,30+,31+,34+,35+,36+,37+,38+/m0/s1. The molecule has 5 fully saturated rings. The Kier molecular flexibility index (Phi) is 7.42. The number of nitrogens with zero attached hydrogens (tertiary/aromatic N) is 1. The van der Waals surface area contributed by atoms with E-state index in [0.717, 1.165) is 77.3 Å². The number of carbonyl (C=O) groups excluding carboxylic acids is 3. The van der Waals surface area contributed by atoms with Gasteiger partial charge in [0.1, 0.15) is 6.10 Å². The maximum atomic E-state index is 14.7. The van der Waals surface area contributed by atoms with Gasteiger partial charge in [-0.15, -0.1) is 0 Å². The second kappa shape index (κ2) is 10.2. The zero-order chi connectivity index (χ0) is 31.2. The zero-order valence-corrected chi connectivity index (χ0v) is 28.6. The third-order valence-corrected chi connectivity index (χ3v) is 15.2. The maximum absolute atomic E-state index is 14.7. The highest BCUT2D eigenvalue weighted by molar-refractivity contribution is 5.95. The average molecular weight is 594 g/mol. The molecule has 0 aromatic carbocycles. The third kappa shape index (κ3) is 4.46. The molecule has 6 aliphatic rings. The minimum absolute atomic E-state index is 0.0249. The van der Waals surface area contributed by atoms with Crippen molar-refractivity contribution in [2.24, 2.45) is 50.2 Å². The number of likely N-dealkylation sites (tertiary alicyclic amines) is 1. The third-order valence-electron chi connectivity index (χ3n) is 15.2. The van der Waals surface area contributed by atoms with Gasteiger partial charge in [-0.3, -0.25) is 14.4 Å². The lowest BCUT2D eigenvalue weighted by molar-refractivity contribution is -0.210. The Bertz CT molecular complexity index is 1210. The Morgan fingerprint density at radius 3 is 2.14 bits per heavy atom. The van der Waals surface area contributed by atoms with Crippen molar-refractivity contribution in [3.63, 3.8) is 0 Å². The number of carbonyl (C=O) groups is 3. The van der Waals surface area contributed by atoms with Crippen LogP contribution in [0.3, 0.4) is 0 Å². The minimum atomic E-state index is -0.350. The quantitative estimate of drug-likeness (QED) is 0.302. The van der Waals surface area contributed by atoms with Crippen LogP contribution in [0.25, 0.3) is 0 Å². The predicted octanol–water partition coefficient (Wildman–Crippen LogP) is 8.30. The summed E-state index contributed by atoms with van der Waals surface area (Å²) in [6.07, 6.45) is 15.8. The first-order valence-electron chi connectivity index (χ1n) is 17.7. The van der Waals surface area contributed by atoms with Gasteiger partial charge in [-0.25, -0.2) is 0 Å². The van der Waals surface area contributed by atoms with E-state index in [9.17, 15) is 14.4 Å². The number of hydrogen-bond donors (Lipinski definition) is 0. The molecule has 9 atom stereocenters. The molecule has 43 heavy (non-hydrogen) atoms. The fourth-order valence-electron chi connectivity index (χ4n) is 12.4. The summed E-state index contributed by atoms with van der Waals surface area (Å²) in [5.41, 5.74) is 0.720. The highest BCUT2D eigenvalue weighted by Crippen LogP contribution is 2.75. The van der Waals surface area contributed by atoms with E-state index in [4.69, 9.17) is 4.74 Å². The first-order valence-corrected chi connectivity index (χ1v) is 17.7. The molecule has 0 aromatic heterocycles. The smallest absolute Gasteiger partial charge is 0.302 e. The summed E-state index contributed by atoms with van der Waals surface area (Å²) in [5, 5.41) is 0. The van der Waals surface area contributed by atoms with Crippen LogP contribution in [0.2, 0.25) is 0 Å². The van der Waals surface area contributed by atoms with E-state index in [1.165, 1.54) is 31.8 Å². The molecule has 240 valence electrons. The molecule has 0 radical (unpaired) electrons. The number of esters is 1. The van der Waals surface area contributed by atoms with Crippen molar-refractivity contribution in [1.82, 2.24) is 4.90 Å². The van der Waals surface area contributed by atoms with Crippen LogP contribution in [0, 0.1) is 50.2 Å². The molecule has 5 nitrogen and oxygen atoms in total. The Morgan fingerprint density at radius 2 is 1.49 bits per heavy atom. The summed E-state index contributed by atoms with van der Waals surface area (Å²) in [6, 6.07) is 0. The Morgan fingerprint density at radius 1 is 0.837 bits per heavy atom. The highest BCUT2D eigenvalue weighted by atomic mass is 16.5. The molecule has 5 aliphatic carbocycles. The van der Waals surface area contributed by atoms with Crippen LogP contribution in [-0.4, -0.2) is 41.8 Å². The first-order chi connectivity index (χ1) is 20.0. The molecule has 0 aromatic rings. The Hall–Kier alpha value is -1.65. The molecular formula is C38H59NO4. The van der Waals surface area contributed by atoms with Crippen molar-refractivity contribution in [2.45, 2.75) is 145 Å². The number of ether oxygens (including phenoxy) is 1. The summed E-state index contributed by atoms with van der Waals surface area (Å²) in [7, 11) is 0. The SMILES string of the molecule is CC(=O)O[C@@H]1CC[C@]2(C)[C@H](CC[C@]3(C)[C@@H]2C(=O)C=C2[C@@H]4C[C@](C)(C(=O)N5CCCCCC5)CC[C@]4(C)CC[C@]23C)C1(C)C. The molecule has 1 heterocycles. The van der Waals surface area contributed by atoms with Gasteiger partial charge in [-0.05, 0) is 110 Å². The summed E-state index contributed by atoms with van der Waals surface area (Å²) in [5.74, 6) is 1.09. The fourth-order valence-corrected chi connectivity index (χ4v) is 12.4. The first kappa shape index (κ1) is 31.3. The second-order valence-corrected chi connectivity index (χ2v) is 17.9. The Labute approximate surface area is 261 Å². The lowest BCUT2D eigenvalue weighted by Gasteiger charge is -2.70. The topological polar surface area (TPSA) is 63.7 Å². The van der Waals surface area contributed by atoms with Crippen LogP contribution in [0.5, 0.6) is 0 Å². The van der Waals surface area contributed by atoms with Gasteiger partial charge in [0.15, 0.2) is 5.78 Å². The molecule has 1 aliphatic heterocycles. The van der Waals surface area contributed by atoms with Crippen LogP contribution < -0.4 is 0 Å². The Balaban J connectivity index is 1.36. The van der Waals surface area contributed by atoms with E-state index in [-0.39, 0.29) is 56.4 Å². The van der Waals surface area contributed by atoms with Gasteiger partial charge in [0.05, 0.1) is 0 Å². The van der Waals surface area contributed by atoms with E-state index >= 15 is 0 Å². The lowest BCUT2D eigenvalue weighted by atomic mass is 9.33. The number of amides is 1. The van der Waals surface area contributed by atoms with Gasteiger partial charge in [0.2, 0.25) is 5.91 Å². The van der Waals surface area contributed by atoms with E-state index in [1.54, 1.807) is 0 Å². The van der Waals surface area contributed by atoms with Crippen LogP contribution in [-0.2, 0) is 19.1 Å². The van der Waals surface area contributed by atoms with E-state index in [1.807, 2.05) is 0 Å². The number of allylic oxidation sites excluding steroid dienone is 2. The number of fused-ring (bicyclic) bond motifs is 7. The minimum Gasteiger partial charge on any atom is -0.462 e. The normalized spacial score (nSPS) is 47.6. The van der Waals surface area contributed by atoms with Crippen LogP contribution >= 0.6 is 0 Å². The fraction of sp³-hybridized carbons (Fsp3) is 0.868. The van der Waals surface area contributed by atoms with Gasteiger partial charge in [0.25, 0.3) is 0 Å². The zero-order valence-electron chi connectivity index (χ0n) is 28.6. The van der Waals surface area contributed by atoms with Gasteiger partial charge in [-0.1, -0.05) is 66.9 Å². The lowest BCUT2D eigenvalue weighted by Crippen LogP contribution is -2.66. The second-order valence-electron chi connectivity index (χ2n) is 17.9. The molecule has 4 saturated carbocycles. The van der Waals surface area contributed by atoms with Crippen LogP contribution in [0.4, 0.5) is 0 Å². The van der Waals surface area contributed by atoms with E-state index < -0.39 is 0 Å². The number of hydrogen-bond acceptors (Lipinski definition) is 4. The van der Waals surface area contributed by atoms with Crippen molar-refractivity contribution in [3.05, 3.63) is 11.6 Å². The molecule has 6 rings (SSSR count). The molecule has 1 saturated heterocycles. The monoisotopic (exact) mass is 593 g/mol. The highest BCUT2D eigenvalue weighted by Gasteiger charge is 2.70. The molecule has 0 N–H and O–H groups in total. The molecule has 0 bridgehead atoms. The molecule has 0 unspecified atom stereocenters. The van der Waals surface area contributed by atoms with Crippen LogP contribution in [0.15, 0.2) is 11.6 Å². The molecule has 5 heteroatoms. The number of rotatable bonds is 2. The summed E-state index contributed by atoms with van der Waals surface area (Å²) in [4.78, 5) is 43.0. The molecular weight excluding hydrogens is 534 g/mol. The van der Waals surface area contributed by atoms with Crippen molar-refractivity contribution in [2.75, 3.05) is 13.1 Å². The van der Waals surface area contributed by atoms with Gasteiger partial charge in [-0.2, -0.15) is 0 Å². The molecule has 1 amide bonds. The van der Waals surface area contributed by atoms with E-state index in [0.29, 0.717) is 17.6 Å². The predicted molar refractivity (Wildman–Crippen MR) is 170 cm³/mol. The van der Waals surface area contributed by atoms with Crippen molar-refractivity contribution in [1.29, 1.82) is 0 Å². The van der Waals surface area contributed by atoms with Gasteiger partial charge < -0.3 is 9.64 Å². The van der Waals surface area contributed by atoms with Crippen LogP contribution in [0.1, 0.15) is 139 Å². The summed E-state index contributed by atoms with van der Waals surface area (Å²) >= 11 is 0. The van der Waals surface area contributed by atoms with Gasteiger partial charge in [0, 0.05) is 36.8 Å². The summed E-state index contributed by atoms with van der Waals surface area (Å²) in [6.45, 7) is 20.0. The maximum Gasteiger partial charge on any atom is 0.302 e. The molecule has 0 spiro atoms. The van der Waals surface area contributed by atoms with Crippen molar-refractivity contribution < 1.29 is 19.1 Å².